The van der Waals surface area contributed by atoms with Crippen molar-refractivity contribution in [2.24, 2.45) is 5.41 Å². The zero-order valence-electron chi connectivity index (χ0n) is 26.3. The van der Waals surface area contributed by atoms with Crippen LogP contribution in [0.2, 0.25) is 5.02 Å². The summed E-state index contributed by atoms with van der Waals surface area (Å²) in [6.45, 7) is 2.49. The van der Waals surface area contributed by atoms with E-state index in [-0.39, 0.29) is 41.0 Å². The van der Waals surface area contributed by atoms with Crippen LogP contribution in [0.4, 0.5) is 4.39 Å². The predicted molar refractivity (Wildman–Crippen MR) is 170 cm³/mol. The van der Waals surface area contributed by atoms with E-state index in [0.717, 1.165) is 4.90 Å². The number of carbonyl (C=O) groups is 3. The number of nitrogens with one attached hydrogen (secondary N) is 3. The molecule has 0 atom stereocenters. The van der Waals surface area contributed by atoms with E-state index in [0.29, 0.717) is 58.4 Å². The van der Waals surface area contributed by atoms with Crippen LogP contribution in [0.5, 0.6) is 5.75 Å². The molecule has 2 fully saturated rings. The fourth-order valence-electron chi connectivity index (χ4n) is 6.54. The van der Waals surface area contributed by atoms with Gasteiger partial charge in [0.15, 0.2) is 15.5 Å². The largest absolute Gasteiger partial charge is 0.501 e. The molecule has 1 aromatic carbocycles. The smallest absolute Gasteiger partial charge is 0.311 e. The minimum atomic E-state index is -2.98. The first-order valence-electron chi connectivity index (χ1n) is 15.4. The van der Waals surface area contributed by atoms with E-state index < -0.39 is 61.3 Å². The molecule has 2 aromatic rings. The lowest BCUT2D eigenvalue weighted by Crippen LogP contribution is -2.54. The number of nitrogens with zero attached hydrogens (tertiary/aromatic N) is 4. The van der Waals surface area contributed by atoms with Crippen molar-refractivity contribution in [2.75, 3.05) is 58.3 Å². The number of hydrogen-bond donors (Lipinski definition) is 4. The van der Waals surface area contributed by atoms with Crippen LogP contribution in [0, 0.1) is 11.2 Å². The van der Waals surface area contributed by atoms with Crippen molar-refractivity contribution in [3.05, 3.63) is 56.5 Å². The van der Waals surface area contributed by atoms with Gasteiger partial charge in [-0.05, 0) is 31.7 Å². The Balaban J connectivity index is 1.41. The Morgan fingerprint density at radius 2 is 1.81 bits per heavy atom. The molecule has 0 radical (unpaired) electrons. The molecule has 47 heavy (non-hydrogen) atoms. The maximum atomic E-state index is 14.4. The zero-order chi connectivity index (χ0) is 34.1. The molecule has 256 valence electrons. The molecule has 6 rings (SSSR count). The van der Waals surface area contributed by atoms with Crippen molar-refractivity contribution in [2.45, 2.75) is 44.3 Å². The Kier molecular flexibility index (Phi) is 9.97. The van der Waals surface area contributed by atoms with Gasteiger partial charge in [-0.15, -0.1) is 0 Å². The van der Waals surface area contributed by atoms with Crippen LogP contribution in [0.3, 0.4) is 0 Å². The topological polar surface area (TPSA) is 183 Å². The zero-order valence-corrected chi connectivity index (χ0v) is 27.8. The predicted octanol–water partition coefficient (Wildman–Crippen LogP) is -0.0349. The number of rotatable bonds is 9. The molecule has 3 amide bonds. The van der Waals surface area contributed by atoms with E-state index in [4.69, 9.17) is 11.6 Å². The van der Waals surface area contributed by atoms with Crippen molar-refractivity contribution in [3.63, 3.8) is 0 Å². The van der Waals surface area contributed by atoms with Crippen LogP contribution >= 0.6 is 11.6 Å². The van der Waals surface area contributed by atoms with E-state index in [9.17, 15) is 37.1 Å². The number of hydrogen-bond acceptors (Lipinski definition) is 10. The maximum Gasteiger partial charge on any atom is 0.311 e. The Bertz CT molecular complexity index is 1730. The first-order valence-corrected chi connectivity index (χ1v) is 17.6. The van der Waals surface area contributed by atoms with E-state index in [2.05, 4.69) is 25.8 Å². The molecule has 2 bridgehead atoms. The summed E-state index contributed by atoms with van der Waals surface area (Å²) in [6, 6.07) is 4.30. The number of amides is 3. The third-order valence-corrected chi connectivity index (χ3v) is 11.3. The highest BCUT2D eigenvalue weighted by Crippen LogP contribution is 2.49. The summed E-state index contributed by atoms with van der Waals surface area (Å²) in [6.07, 6.45) is 1.66. The molecular weight excluding hydrogens is 657 g/mol. The molecule has 4 heterocycles. The van der Waals surface area contributed by atoms with Crippen molar-refractivity contribution in [3.8, 4) is 5.75 Å². The van der Waals surface area contributed by atoms with Crippen molar-refractivity contribution >= 4 is 39.2 Å². The summed E-state index contributed by atoms with van der Waals surface area (Å²) in [5.41, 5.74) is -3.15. The number of carbonyl (C=O) groups excluding carboxylic acids is 3. The average molecular weight is 696 g/mol. The fourth-order valence-corrected chi connectivity index (χ4v) is 8.01. The van der Waals surface area contributed by atoms with Crippen LogP contribution < -0.4 is 21.5 Å². The standard InChI is InChI=1S/C30H39ClFN7O7S/c1-37(2)27(44)25(42)36-30-8-6-29(7-9-30,17-33-10-11-38-12-14-47(45,46)15-13-38)18-39-26(43)23(40)22(35-28(30)39)24(41)34-16-19-4-3-5-20(31)21(19)32/h3-5,33,40H,6-18H2,1-2H3,(H,34,41)(H,36,42). The number of likely N-dealkylation sites (N-methyl/N-ethyl adjacent to an activating group) is 1. The number of aromatic nitrogens is 2. The summed E-state index contributed by atoms with van der Waals surface area (Å²) in [5, 5.41) is 19.5. The van der Waals surface area contributed by atoms with Gasteiger partial charge in [-0.1, -0.05) is 23.7 Å². The summed E-state index contributed by atoms with van der Waals surface area (Å²) < 4.78 is 39.2. The highest BCUT2D eigenvalue weighted by Gasteiger charge is 2.52. The van der Waals surface area contributed by atoms with Gasteiger partial charge in [-0.25, -0.2) is 17.8 Å². The minimum Gasteiger partial charge on any atom is -0.501 e. The highest BCUT2D eigenvalue weighted by molar-refractivity contribution is 7.91. The molecule has 4 N–H and O–H groups in total. The second-order valence-corrected chi connectivity index (χ2v) is 15.5. The van der Waals surface area contributed by atoms with Gasteiger partial charge in [0, 0.05) is 70.9 Å². The number of benzene rings is 1. The van der Waals surface area contributed by atoms with Crippen LogP contribution in [0.25, 0.3) is 0 Å². The molecule has 1 aliphatic carbocycles. The Morgan fingerprint density at radius 3 is 2.47 bits per heavy atom. The molecule has 0 spiro atoms. The van der Waals surface area contributed by atoms with Gasteiger partial charge in [0.1, 0.15) is 11.6 Å². The van der Waals surface area contributed by atoms with Gasteiger partial charge in [0.2, 0.25) is 5.75 Å². The number of fused-ring (bicyclic) bond motifs is 2. The number of aromatic hydroxyl groups is 1. The molecule has 14 nitrogen and oxygen atoms in total. The van der Waals surface area contributed by atoms with E-state index in [1.54, 1.807) is 0 Å². The molecule has 4 aliphatic rings. The van der Waals surface area contributed by atoms with E-state index in [1.165, 1.54) is 36.9 Å². The summed E-state index contributed by atoms with van der Waals surface area (Å²) in [5.74, 6) is -3.94. The van der Waals surface area contributed by atoms with Crippen LogP contribution in [-0.4, -0.2) is 109 Å². The van der Waals surface area contributed by atoms with Gasteiger partial charge < -0.3 is 30.9 Å². The normalized spacial score (nSPS) is 23.4. The molecule has 3 aliphatic heterocycles. The van der Waals surface area contributed by atoms with Gasteiger partial charge in [-0.2, -0.15) is 0 Å². The third kappa shape index (κ3) is 7.29. The second-order valence-electron chi connectivity index (χ2n) is 12.8. The minimum absolute atomic E-state index is 0.0493. The van der Waals surface area contributed by atoms with Crippen LogP contribution in [0.15, 0.2) is 23.0 Å². The summed E-state index contributed by atoms with van der Waals surface area (Å²) in [7, 11) is -0.109. The Morgan fingerprint density at radius 1 is 1.13 bits per heavy atom. The maximum absolute atomic E-state index is 14.4. The van der Waals surface area contributed by atoms with E-state index in [1.807, 2.05) is 0 Å². The van der Waals surface area contributed by atoms with Crippen LogP contribution in [0.1, 0.15) is 47.6 Å². The van der Waals surface area contributed by atoms with Crippen molar-refractivity contribution < 1.29 is 32.3 Å². The first kappa shape index (κ1) is 34.7. The van der Waals surface area contributed by atoms with Gasteiger partial charge >= 0.3 is 11.8 Å². The van der Waals surface area contributed by atoms with Crippen molar-refractivity contribution in [1.29, 1.82) is 0 Å². The second kappa shape index (κ2) is 13.5. The fraction of sp³-hybridized carbons (Fsp3) is 0.567. The van der Waals surface area contributed by atoms with Gasteiger partial charge in [-0.3, -0.25) is 23.7 Å². The number of sulfone groups is 1. The Labute approximate surface area is 276 Å². The van der Waals surface area contributed by atoms with E-state index >= 15 is 0 Å². The average Bonchev–Trinajstić information content (AvgIpc) is 3.25. The quantitative estimate of drug-likeness (QED) is 0.205. The lowest BCUT2D eigenvalue weighted by atomic mass is 9.68. The number of halogens is 2. The SMILES string of the molecule is CN(C)C(=O)C(=O)NC12CCC(CNCCN3CCS(=O)(=O)CC3)(CC1)Cn1c2nc(C(=O)NCc2cccc(Cl)c2F)c(O)c1=O. The first-order chi connectivity index (χ1) is 22.2. The monoisotopic (exact) mass is 695 g/mol. The molecule has 1 saturated carbocycles. The molecule has 17 heteroatoms. The summed E-state index contributed by atoms with van der Waals surface area (Å²) in [4.78, 5) is 60.3. The summed E-state index contributed by atoms with van der Waals surface area (Å²) >= 11 is 5.85. The molecular formula is C30H39ClFN7O7S. The molecule has 1 aromatic heterocycles. The molecule has 0 unspecified atom stereocenters. The molecule has 1 saturated heterocycles. The third-order valence-electron chi connectivity index (χ3n) is 9.41. The lowest BCUT2D eigenvalue weighted by molar-refractivity contribution is -0.145. The van der Waals surface area contributed by atoms with Crippen LogP contribution in [-0.2, 0) is 38.1 Å². The van der Waals surface area contributed by atoms with Gasteiger partial charge in [0.05, 0.1) is 22.1 Å². The van der Waals surface area contributed by atoms with Gasteiger partial charge in [0.25, 0.3) is 11.5 Å². The lowest BCUT2D eigenvalue weighted by Gasteiger charge is -2.42. The Hall–Kier alpha value is -3.60. The van der Waals surface area contributed by atoms with Crippen molar-refractivity contribution in [1.82, 2.24) is 35.3 Å². The highest BCUT2D eigenvalue weighted by atomic mass is 35.5.